The SMILES string of the molecule is C=C=C=C=C=C=C=C=C=C=C=C=C=C=C=C=C=C=C=C=C=C=C=C=C=C=C=C=C=C=C=C=C=C=C=C(N(CCC(=O)OCC1CC2CC1C1CC(COC(=O)C=C)CC21)C(=O)C(=C)C)N(CCC(=O)OCC1CC2CC1C1CC(COC(=O)CC)CC21)C(=O)C(=C)C. The van der Waals surface area contributed by atoms with E-state index in [9.17, 15) is 28.8 Å². The maximum Gasteiger partial charge on any atom is 0.330 e. The van der Waals surface area contributed by atoms with Gasteiger partial charge in [-0.2, -0.15) is 0 Å². The second-order valence-corrected chi connectivity index (χ2v) is 22.5. The Morgan fingerprint density at radius 3 is 1.04 bits per heavy atom. The van der Waals surface area contributed by atoms with Crippen LogP contribution in [-0.2, 0) is 47.7 Å². The molecule has 0 aromatic carbocycles. The highest BCUT2D eigenvalue weighted by Gasteiger charge is 2.57. The molecule has 12 unspecified atom stereocenters. The Morgan fingerprint density at radius 1 is 0.402 bits per heavy atom. The Bertz CT molecular complexity index is 4490. The van der Waals surface area contributed by atoms with Gasteiger partial charge in [0.1, 0.15) is 0 Å². The van der Waals surface area contributed by atoms with E-state index in [2.05, 4.69) is 221 Å². The highest BCUT2D eigenvalue weighted by molar-refractivity contribution is 5.97. The van der Waals surface area contributed by atoms with Crippen molar-refractivity contribution in [2.75, 3.05) is 39.5 Å². The fraction of sp³-hybridized carbons (Fsp3) is 0.400. The molecule has 0 spiro atoms. The van der Waals surface area contributed by atoms with Gasteiger partial charge in [0.2, 0.25) is 0 Å². The van der Waals surface area contributed by atoms with Gasteiger partial charge in [-0.15, -0.1) is 0 Å². The third-order valence-corrected chi connectivity index (χ3v) is 16.7. The van der Waals surface area contributed by atoms with Crippen molar-refractivity contribution < 1.29 is 47.7 Å². The third-order valence-electron chi connectivity index (χ3n) is 16.7. The Hall–Kier alpha value is -11.7. The highest BCUT2D eigenvalue weighted by atomic mass is 16.5. The van der Waals surface area contributed by atoms with E-state index < -0.39 is 29.7 Å². The maximum absolute atomic E-state index is 14.1. The minimum Gasteiger partial charge on any atom is -0.465 e. The number of fused-ring (bicyclic) bond motifs is 10. The third kappa shape index (κ3) is 22.2. The van der Waals surface area contributed by atoms with E-state index in [-0.39, 0.29) is 73.9 Å². The number of esters is 4. The maximum atomic E-state index is 14.1. The zero-order valence-corrected chi connectivity index (χ0v) is 51.8. The van der Waals surface area contributed by atoms with E-state index in [1.165, 1.54) is 29.7 Å². The summed E-state index contributed by atoms with van der Waals surface area (Å²) in [6.07, 6.45) is 9.12. The Labute approximate surface area is 536 Å². The van der Waals surface area contributed by atoms with E-state index in [1.807, 2.05) is 0 Å². The van der Waals surface area contributed by atoms with Crippen LogP contribution in [0.2, 0.25) is 0 Å². The molecule has 0 aromatic rings. The first-order chi connectivity index (χ1) is 44.7. The smallest absolute Gasteiger partial charge is 0.330 e. The van der Waals surface area contributed by atoms with E-state index in [4.69, 9.17) is 18.9 Å². The van der Waals surface area contributed by atoms with Crippen molar-refractivity contribution in [3.8, 4) is 0 Å². The van der Waals surface area contributed by atoms with Gasteiger partial charge in [-0.25, -0.2) is 4.79 Å². The minimum atomic E-state index is -0.631. The van der Waals surface area contributed by atoms with Crippen LogP contribution in [0.5, 0.6) is 0 Å². The number of rotatable bonds is 20. The largest absolute Gasteiger partial charge is 0.465 e. The van der Waals surface area contributed by atoms with Crippen molar-refractivity contribution in [1.29, 1.82) is 0 Å². The molecule has 12 atom stereocenters. The van der Waals surface area contributed by atoms with E-state index in [0.29, 0.717) is 78.8 Å². The topological polar surface area (TPSA) is 146 Å². The lowest BCUT2D eigenvalue weighted by Gasteiger charge is -2.32. The molecule has 92 heavy (non-hydrogen) atoms. The molecule has 0 saturated heterocycles. The monoisotopic (exact) mass is 1210 g/mol. The predicted molar refractivity (Wildman–Crippen MR) is 334 cm³/mol. The summed E-state index contributed by atoms with van der Waals surface area (Å²) in [5, 5.41) is 0. The summed E-state index contributed by atoms with van der Waals surface area (Å²) in [6, 6.07) is 0. The number of carbonyl (C=O) groups is 6. The summed E-state index contributed by atoms with van der Waals surface area (Å²) >= 11 is 0. The standard InChI is InChI=1S/C80H64N2O10/c1-8-11-12-13-14-15-16-17-18-19-20-21-22-23-24-25-26-27-28-29-30-31-32-33-34-35-36-37-38-39-40-41-42-43-74(81(79(87)60(4)5)46-44-77(85)91-58-66-52-64-54-70(66)72-50-62(48-68(64)72)56-89-75(83)9-2)82(80(88)61(6)7)47-45-78(86)92-59-67-53-65-55-71(67)73-51-63(49-69(65)73)57-90-76(84)10-3/h9,62-73H,1-2,4,6,10,44-59H2,3,5,7H3. The van der Waals surface area contributed by atoms with Gasteiger partial charge in [0, 0.05) is 128 Å². The number of hydrogen-bond donors (Lipinski definition) is 0. The van der Waals surface area contributed by atoms with Crippen molar-refractivity contribution >= 4 is 35.7 Å². The molecule has 6 saturated carbocycles. The Balaban J connectivity index is 1.22. The molecule has 12 heteroatoms. The molecule has 0 aromatic heterocycles. The molecular formula is C80H64N2O10. The Morgan fingerprint density at radius 2 is 0.717 bits per heavy atom. The minimum absolute atomic E-state index is 0.0896. The van der Waals surface area contributed by atoms with Gasteiger partial charge in [-0.1, -0.05) is 32.4 Å². The molecule has 6 fully saturated rings. The number of ether oxygens (including phenoxy) is 4. The molecular weight excluding hydrogens is 1150 g/mol. The fourth-order valence-electron chi connectivity index (χ4n) is 13.2. The van der Waals surface area contributed by atoms with Gasteiger partial charge in [0.25, 0.3) is 11.8 Å². The molecule has 4 bridgehead atoms. The highest BCUT2D eigenvalue weighted by Crippen LogP contribution is 2.63. The van der Waals surface area contributed by atoms with Crippen LogP contribution in [-0.4, -0.2) is 85.0 Å². The summed E-state index contributed by atoms with van der Waals surface area (Å²) in [7, 11) is 0. The van der Waals surface area contributed by atoms with E-state index >= 15 is 0 Å². The lowest BCUT2D eigenvalue weighted by atomic mass is 9.76. The molecule has 6 aliphatic carbocycles. The van der Waals surface area contributed by atoms with Crippen LogP contribution in [0, 0.1) is 71.0 Å². The van der Waals surface area contributed by atoms with Gasteiger partial charge in [0.05, 0.1) is 39.3 Å². The average molecular weight is 1210 g/mol. The summed E-state index contributed by atoms with van der Waals surface area (Å²) in [4.78, 5) is 81.5. The first-order valence-corrected chi connectivity index (χ1v) is 30.1. The molecule has 2 amide bonds. The van der Waals surface area contributed by atoms with Crippen molar-refractivity contribution in [2.45, 2.75) is 91.4 Å². The second-order valence-electron chi connectivity index (χ2n) is 22.5. The second kappa shape index (κ2) is 37.9. The predicted octanol–water partition coefficient (Wildman–Crippen LogP) is 11.7. The first-order valence-electron chi connectivity index (χ1n) is 30.1. The van der Waals surface area contributed by atoms with Gasteiger partial charge < -0.3 is 18.9 Å². The lowest BCUT2D eigenvalue weighted by Crippen LogP contribution is -2.44. The van der Waals surface area contributed by atoms with Gasteiger partial charge in [0.15, 0.2) is 5.82 Å². The van der Waals surface area contributed by atoms with Crippen molar-refractivity contribution in [3.05, 3.63) is 244 Å². The summed E-state index contributed by atoms with van der Waals surface area (Å²) in [5.74, 6) is 1.90. The summed E-state index contributed by atoms with van der Waals surface area (Å²) < 4.78 is 22.7. The number of hydrogen-bond acceptors (Lipinski definition) is 10. The molecule has 0 aliphatic heterocycles. The van der Waals surface area contributed by atoms with Crippen LogP contribution in [0.3, 0.4) is 0 Å². The molecule has 6 rings (SSSR count). The van der Waals surface area contributed by atoms with Gasteiger partial charge in [-0.05, 0) is 240 Å². The van der Waals surface area contributed by atoms with E-state index in [0.717, 1.165) is 51.4 Å². The molecule has 12 nitrogen and oxygen atoms in total. The molecule has 6 aliphatic rings. The van der Waals surface area contributed by atoms with Crippen LogP contribution in [0.15, 0.2) is 244 Å². The van der Waals surface area contributed by atoms with E-state index in [1.54, 1.807) is 6.92 Å². The van der Waals surface area contributed by atoms with Crippen LogP contribution in [0.4, 0.5) is 0 Å². The molecule has 454 valence electrons. The first kappa shape index (κ1) is 69.4. The van der Waals surface area contributed by atoms with Crippen LogP contribution in [0.25, 0.3) is 0 Å². The number of carbonyl (C=O) groups excluding carboxylic acids is 6. The number of amides is 2. The van der Waals surface area contributed by atoms with Crippen molar-refractivity contribution in [2.24, 2.45) is 71.0 Å². The van der Waals surface area contributed by atoms with Crippen molar-refractivity contribution in [3.63, 3.8) is 0 Å². The summed E-state index contributed by atoms with van der Waals surface area (Å²) in [6.45, 7) is 20.1. The Kier molecular flexibility index (Phi) is 28.6. The fourth-order valence-corrected chi connectivity index (χ4v) is 13.2. The summed E-state index contributed by atoms with van der Waals surface area (Å²) in [5.41, 5.74) is 86.1. The zero-order valence-electron chi connectivity index (χ0n) is 51.8. The molecule has 0 heterocycles. The zero-order chi connectivity index (χ0) is 65.9. The van der Waals surface area contributed by atoms with Crippen LogP contribution in [0.1, 0.15) is 91.4 Å². The molecule has 0 radical (unpaired) electrons. The average Bonchev–Trinajstić information content (AvgIpc) is 1.77. The van der Waals surface area contributed by atoms with Gasteiger partial charge >= 0.3 is 23.9 Å². The quantitative estimate of drug-likeness (QED) is 0.0500. The number of nitrogens with zero attached hydrogens (tertiary/aromatic N) is 2. The van der Waals surface area contributed by atoms with Crippen LogP contribution >= 0.6 is 0 Å². The van der Waals surface area contributed by atoms with Crippen molar-refractivity contribution in [1.82, 2.24) is 9.80 Å². The normalized spacial score (nSPS) is 21.7. The van der Waals surface area contributed by atoms with Gasteiger partial charge in [-0.3, -0.25) is 33.8 Å². The van der Waals surface area contributed by atoms with Crippen LogP contribution < -0.4 is 0 Å². The lowest BCUT2D eigenvalue weighted by molar-refractivity contribution is -0.147. The molecule has 0 N–H and O–H groups in total.